The van der Waals surface area contributed by atoms with Crippen LogP contribution in [-0.2, 0) is 14.3 Å². The minimum atomic E-state index is -0.333. The first-order valence-electron chi connectivity index (χ1n) is 3.98. The second kappa shape index (κ2) is 6.58. The summed E-state index contributed by atoms with van der Waals surface area (Å²) in [6.45, 7) is 3.95. The molecule has 0 bridgehead atoms. The zero-order valence-electron chi connectivity index (χ0n) is 7.50. The smallest absolute Gasteiger partial charge is 0.330 e. The van der Waals surface area contributed by atoms with Crippen LogP contribution in [0.5, 0.6) is 0 Å². The number of hydrogen-bond donors (Lipinski definition) is 0. The Morgan fingerprint density at radius 1 is 1.50 bits per heavy atom. The first-order chi connectivity index (χ1) is 5.70. The normalized spacial score (nSPS) is 11.0. The van der Waals surface area contributed by atoms with Gasteiger partial charge in [0.1, 0.15) is 6.29 Å². The predicted molar refractivity (Wildman–Crippen MR) is 45.7 cm³/mol. The summed E-state index contributed by atoms with van der Waals surface area (Å²) in [7, 11) is 0. The van der Waals surface area contributed by atoms with Crippen LogP contribution in [0.25, 0.3) is 0 Å². The molecule has 0 radical (unpaired) electrons. The molecular weight excluding hydrogens is 156 g/mol. The highest BCUT2D eigenvalue weighted by molar-refractivity contribution is 5.82. The highest BCUT2D eigenvalue weighted by Crippen LogP contribution is 2.02. The van der Waals surface area contributed by atoms with Gasteiger partial charge in [-0.3, -0.25) is 0 Å². The molecule has 0 rings (SSSR count). The molecule has 0 aliphatic heterocycles. The third-order valence-electron chi connectivity index (χ3n) is 1.31. The molecule has 0 aromatic rings. The van der Waals surface area contributed by atoms with Crippen molar-refractivity contribution in [3.63, 3.8) is 0 Å². The van der Waals surface area contributed by atoms with Crippen LogP contribution in [0.1, 0.15) is 26.7 Å². The van der Waals surface area contributed by atoms with E-state index in [4.69, 9.17) is 0 Å². The van der Waals surface area contributed by atoms with Gasteiger partial charge in [-0.05, 0) is 20.3 Å². The maximum absolute atomic E-state index is 10.8. The molecule has 0 spiro atoms. The molecule has 0 aliphatic carbocycles. The fourth-order valence-electron chi connectivity index (χ4n) is 0.744. The van der Waals surface area contributed by atoms with Gasteiger partial charge in [-0.15, -0.1) is 0 Å². The fraction of sp³-hybridized carbons (Fsp3) is 0.556. The van der Waals surface area contributed by atoms with Crippen molar-refractivity contribution in [2.24, 2.45) is 0 Å². The summed E-state index contributed by atoms with van der Waals surface area (Å²) >= 11 is 0. The van der Waals surface area contributed by atoms with Gasteiger partial charge >= 0.3 is 5.97 Å². The minimum absolute atomic E-state index is 0.333. The van der Waals surface area contributed by atoms with E-state index in [2.05, 4.69) is 4.74 Å². The number of allylic oxidation sites excluding steroid dienone is 1. The van der Waals surface area contributed by atoms with Gasteiger partial charge in [0.25, 0.3) is 0 Å². The molecule has 0 aromatic heterocycles. The Morgan fingerprint density at radius 2 is 2.17 bits per heavy atom. The van der Waals surface area contributed by atoms with Crippen molar-refractivity contribution >= 4 is 12.3 Å². The Balaban J connectivity index is 3.80. The lowest BCUT2D eigenvalue weighted by Crippen LogP contribution is -2.00. The third kappa shape index (κ3) is 5.65. The molecular formula is C9H14O3. The van der Waals surface area contributed by atoms with Gasteiger partial charge in [-0.1, -0.05) is 5.57 Å². The van der Waals surface area contributed by atoms with Crippen LogP contribution >= 0.6 is 0 Å². The van der Waals surface area contributed by atoms with Crippen LogP contribution in [0.15, 0.2) is 11.6 Å². The predicted octanol–water partition coefficient (Wildman–Crippen LogP) is 1.47. The Morgan fingerprint density at radius 3 is 2.67 bits per heavy atom. The van der Waals surface area contributed by atoms with E-state index in [1.165, 1.54) is 6.08 Å². The number of esters is 1. The largest absolute Gasteiger partial charge is 0.463 e. The molecule has 0 fully saturated rings. The van der Waals surface area contributed by atoms with Gasteiger partial charge in [0.2, 0.25) is 0 Å². The lowest BCUT2D eigenvalue weighted by molar-refractivity contribution is -0.137. The highest BCUT2D eigenvalue weighted by Gasteiger charge is 1.96. The molecule has 0 aromatic carbocycles. The Bertz CT molecular complexity index is 182. The maximum Gasteiger partial charge on any atom is 0.330 e. The summed E-state index contributed by atoms with van der Waals surface area (Å²) in [5, 5.41) is 0. The minimum Gasteiger partial charge on any atom is -0.463 e. The molecule has 3 heteroatoms. The van der Waals surface area contributed by atoms with Crippen LogP contribution < -0.4 is 0 Å². The zero-order chi connectivity index (χ0) is 9.40. The Labute approximate surface area is 72.4 Å². The highest BCUT2D eigenvalue weighted by atomic mass is 16.5. The molecule has 0 saturated carbocycles. The summed E-state index contributed by atoms with van der Waals surface area (Å²) in [5.74, 6) is -0.333. The van der Waals surface area contributed by atoms with E-state index in [1.807, 2.05) is 0 Å². The van der Waals surface area contributed by atoms with Crippen LogP contribution in [0.3, 0.4) is 0 Å². The molecule has 0 atom stereocenters. The van der Waals surface area contributed by atoms with Gasteiger partial charge in [-0.2, -0.15) is 0 Å². The van der Waals surface area contributed by atoms with E-state index in [0.29, 0.717) is 19.4 Å². The van der Waals surface area contributed by atoms with Gasteiger partial charge in [0, 0.05) is 12.5 Å². The van der Waals surface area contributed by atoms with Crippen molar-refractivity contribution < 1.29 is 14.3 Å². The quantitative estimate of drug-likeness (QED) is 0.356. The topological polar surface area (TPSA) is 43.4 Å². The van der Waals surface area contributed by atoms with Gasteiger partial charge in [0.15, 0.2) is 0 Å². The van der Waals surface area contributed by atoms with Gasteiger partial charge in [-0.25, -0.2) is 4.79 Å². The zero-order valence-corrected chi connectivity index (χ0v) is 7.50. The average molecular weight is 170 g/mol. The summed E-state index contributed by atoms with van der Waals surface area (Å²) in [6.07, 6.45) is 3.35. The van der Waals surface area contributed by atoms with Crippen LogP contribution in [0.2, 0.25) is 0 Å². The molecule has 0 N–H and O–H groups in total. The molecule has 0 heterocycles. The average Bonchev–Trinajstić information content (AvgIpc) is 2.01. The van der Waals surface area contributed by atoms with Crippen LogP contribution in [-0.4, -0.2) is 18.9 Å². The number of ether oxygens (including phenoxy) is 1. The number of carbonyl (C=O) groups excluding carboxylic acids is 2. The summed E-state index contributed by atoms with van der Waals surface area (Å²) in [5.41, 5.74) is 0.876. The van der Waals surface area contributed by atoms with Crippen molar-refractivity contribution in [1.29, 1.82) is 0 Å². The van der Waals surface area contributed by atoms with Crippen molar-refractivity contribution in [3.05, 3.63) is 11.6 Å². The molecule has 3 nitrogen and oxygen atoms in total. The lowest BCUT2D eigenvalue weighted by atomic mass is 10.2. The molecule has 12 heavy (non-hydrogen) atoms. The number of hydrogen-bond acceptors (Lipinski definition) is 3. The standard InChI is InChI=1S/C9H14O3/c1-3-12-9(11)7-8(2)5-4-6-10/h6-7H,3-5H2,1-2H3/b8-7-. The summed E-state index contributed by atoms with van der Waals surface area (Å²) in [6, 6.07) is 0. The van der Waals surface area contributed by atoms with Crippen molar-refractivity contribution in [2.45, 2.75) is 26.7 Å². The number of rotatable bonds is 5. The van der Waals surface area contributed by atoms with E-state index in [1.54, 1.807) is 13.8 Å². The molecule has 0 aliphatic rings. The Kier molecular flexibility index (Phi) is 5.97. The number of carbonyl (C=O) groups is 2. The molecule has 0 saturated heterocycles. The van der Waals surface area contributed by atoms with E-state index >= 15 is 0 Å². The van der Waals surface area contributed by atoms with Crippen molar-refractivity contribution in [1.82, 2.24) is 0 Å². The third-order valence-corrected chi connectivity index (χ3v) is 1.31. The van der Waals surface area contributed by atoms with Crippen molar-refractivity contribution in [3.8, 4) is 0 Å². The Hall–Kier alpha value is -1.12. The van der Waals surface area contributed by atoms with E-state index < -0.39 is 0 Å². The van der Waals surface area contributed by atoms with Crippen molar-refractivity contribution in [2.75, 3.05) is 6.61 Å². The SMILES string of the molecule is CCOC(=O)/C=C(/C)CCC=O. The molecule has 0 amide bonds. The van der Waals surface area contributed by atoms with Gasteiger partial charge in [0.05, 0.1) is 6.61 Å². The summed E-state index contributed by atoms with van der Waals surface area (Å²) < 4.78 is 4.69. The second-order valence-corrected chi connectivity index (χ2v) is 2.45. The first-order valence-corrected chi connectivity index (χ1v) is 3.98. The molecule has 68 valence electrons. The van der Waals surface area contributed by atoms with E-state index in [9.17, 15) is 9.59 Å². The van der Waals surface area contributed by atoms with E-state index in [-0.39, 0.29) is 5.97 Å². The number of aldehydes is 1. The maximum atomic E-state index is 10.8. The lowest BCUT2D eigenvalue weighted by Gasteiger charge is -1.97. The molecule has 0 unspecified atom stereocenters. The van der Waals surface area contributed by atoms with Crippen LogP contribution in [0.4, 0.5) is 0 Å². The second-order valence-electron chi connectivity index (χ2n) is 2.45. The first kappa shape index (κ1) is 10.9. The fourth-order valence-corrected chi connectivity index (χ4v) is 0.744. The summed E-state index contributed by atoms with van der Waals surface area (Å²) in [4.78, 5) is 20.8. The van der Waals surface area contributed by atoms with Gasteiger partial charge < -0.3 is 9.53 Å². The monoisotopic (exact) mass is 170 g/mol. The van der Waals surface area contributed by atoms with E-state index in [0.717, 1.165) is 11.9 Å². The van der Waals surface area contributed by atoms with Crippen LogP contribution in [0, 0.1) is 0 Å².